The van der Waals surface area contributed by atoms with Gasteiger partial charge >= 0.3 is 0 Å². The molecular formula is C16H23N3O. The van der Waals surface area contributed by atoms with Gasteiger partial charge in [-0.1, -0.05) is 26.0 Å². The van der Waals surface area contributed by atoms with Gasteiger partial charge in [0.05, 0.1) is 6.20 Å². The van der Waals surface area contributed by atoms with Crippen LogP contribution in [-0.4, -0.2) is 16.3 Å². The Labute approximate surface area is 120 Å². The number of hydrogen-bond acceptors (Lipinski definition) is 3. The van der Waals surface area contributed by atoms with Crippen molar-refractivity contribution in [3.63, 3.8) is 0 Å². The van der Waals surface area contributed by atoms with Gasteiger partial charge in [-0.3, -0.25) is 4.68 Å². The minimum absolute atomic E-state index is 0.162. The molecular weight excluding hydrogens is 250 g/mol. The van der Waals surface area contributed by atoms with Gasteiger partial charge in [-0.2, -0.15) is 5.10 Å². The van der Waals surface area contributed by atoms with Crippen LogP contribution in [-0.2, 0) is 7.05 Å². The summed E-state index contributed by atoms with van der Waals surface area (Å²) in [6.45, 7) is 6.83. The average molecular weight is 273 g/mol. The SMILES string of the molecule is Cc1ccc(C(C)C)cc1OC(CN)c1cnn(C)c1. The molecule has 2 N–H and O–H groups in total. The number of aryl methyl sites for hydroxylation is 2. The summed E-state index contributed by atoms with van der Waals surface area (Å²) in [5, 5.41) is 4.18. The number of ether oxygens (including phenoxy) is 1. The highest BCUT2D eigenvalue weighted by Crippen LogP contribution is 2.28. The fourth-order valence-corrected chi connectivity index (χ4v) is 2.11. The van der Waals surface area contributed by atoms with Gasteiger partial charge in [-0.05, 0) is 30.0 Å². The molecule has 0 bridgehead atoms. The van der Waals surface area contributed by atoms with E-state index in [9.17, 15) is 0 Å². The van der Waals surface area contributed by atoms with Gasteiger partial charge in [0.2, 0.25) is 0 Å². The van der Waals surface area contributed by atoms with Crippen LogP contribution in [0.4, 0.5) is 0 Å². The lowest BCUT2D eigenvalue weighted by Gasteiger charge is -2.19. The lowest BCUT2D eigenvalue weighted by molar-refractivity contribution is 0.212. The third-order valence-electron chi connectivity index (χ3n) is 3.46. The zero-order valence-corrected chi connectivity index (χ0v) is 12.6. The van der Waals surface area contributed by atoms with Crippen LogP contribution in [0.25, 0.3) is 0 Å². The molecule has 0 saturated heterocycles. The first kappa shape index (κ1) is 14.6. The molecule has 1 unspecified atom stereocenters. The molecule has 0 amide bonds. The van der Waals surface area contributed by atoms with Crippen LogP contribution in [0.5, 0.6) is 5.75 Å². The van der Waals surface area contributed by atoms with E-state index in [1.165, 1.54) is 5.56 Å². The van der Waals surface area contributed by atoms with Crippen molar-refractivity contribution in [1.82, 2.24) is 9.78 Å². The third-order valence-corrected chi connectivity index (χ3v) is 3.46. The summed E-state index contributed by atoms with van der Waals surface area (Å²) in [6.07, 6.45) is 3.59. The minimum atomic E-state index is -0.162. The molecule has 4 nitrogen and oxygen atoms in total. The van der Waals surface area contributed by atoms with E-state index in [1.54, 1.807) is 10.9 Å². The number of aromatic nitrogens is 2. The topological polar surface area (TPSA) is 53.1 Å². The van der Waals surface area contributed by atoms with Crippen LogP contribution in [0, 0.1) is 6.92 Å². The first-order valence-electron chi connectivity index (χ1n) is 6.97. The monoisotopic (exact) mass is 273 g/mol. The standard InChI is InChI=1S/C16H23N3O/c1-11(2)13-6-5-12(3)15(7-13)20-16(8-17)14-9-18-19(4)10-14/h5-7,9-11,16H,8,17H2,1-4H3. The third kappa shape index (κ3) is 3.20. The molecule has 1 heterocycles. The molecule has 0 fully saturated rings. The number of hydrogen-bond donors (Lipinski definition) is 1. The quantitative estimate of drug-likeness (QED) is 0.911. The van der Waals surface area contributed by atoms with Crippen molar-refractivity contribution in [3.05, 3.63) is 47.3 Å². The number of rotatable bonds is 5. The van der Waals surface area contributed by atoms with Crippen molar-refractivity contribution in [2.45, 2.75) is 32.8 Å². The molecule has 0 aliphatic carbocycles. The van der Waals surface area contributed by atoms with Crippen molar-refractivity contribution in [2.24, 2.45) is 12.8 Å². The second kappa shape index (κ2) is 6.09. The van der Waals surface area contributed by atoms with Crippen molar-refractivity contribution in [2.75, 3.05) is 6.54 Å². The predicted octanol–water partition coefficient (Wildman–Crippen LogP) is 2.93. The van der Waals surface area contributed by atoms with E-state index >= 15 is 0 Å². The van der Waals surface area contributed by atoms with Crippen LogP contribution < -0.4 is 10.5 Å². The van der Waals surface area contributed by atoms with E-state index < -0.39 is 0 Å². The summed E-state index contributed by atoms with van der Waals surface area (Å²) in [6, 6.07) is 6.36. The zero-order valence-electron chi connectivity index (χ0n) is 12.6. The van der Waals surface area contributed by atoms with Crippen molar-refractivity contribution in [1.29, 1.82) is 0 Å². The molecule has 0 aliphatic rings. The second-order valence-electron chi connectivity index (χ2n) is 5.47. The second-order valence-corrected chi connectivity index (χ2v) is 5.47. The van der Waals surface area contributed by atoms with Crippen LogP contribution >= 0.6 is 0 Å². The summed E-state index contributed by atoms with van der Waals surface area (Å²) >= 11 is 0. The molecule has 1 atom stereocenters. The number of nitrogens with two attached hydrogens (primary N) is 1. The molecule has 2 aromatic rings. The first-order valence-corrected chi connectivity index (χ1v) is 6.97. The van der Waals surface area contributed by atoms with Gasteiger partial charge in [0.1, 0.15) is 11.9 Å². The van der Waals surface area contributed by atoms with Gasteiger partial charge in [-0.15, -0.1) is 0 Å². The first-order chi connectivity index (χ1) is 9.51. The Morgan fingerprint density at radius 3 is 2.60 bits per heavy atom. The van der Waals surface area contributed by atoms with E-state index in [2.05, 4.69) is 44.1 Å². The molecule has 0 aliphatic heterocycles. The average Bonchev–Trinajstić information content (AvgIpc) is 2.84. The maximum atomic E-state index is 6.11. The van der Waals surface area contributed by atoms with Gasteiger partial charge < -0.3 is 10.5 Å². The van der Waals surface area contributed by atoms with E-state index in [0.29, 0.717) is 12.5 Å². The van der Waals surface area contributed by atoms with Gasteiger partial charge in [0, 0.05) is 25.4 Å². The summed E-state index contributed by atoms with van der Waals surface area (Å²) in [7, 11) is 1.89. The molecule has 108 valence electrons. The highest BCUT2D eigenvalue weighted by Gasteiger charge is 2.15. The molecule has 0 saturated carbocycles. The van der Waals surface area contributed by atoms with Crippen LogP contribution in [0.2, 0.25) is 0 Å². The Bertz CT molecular complexity index is 575. The molecule has 20 heavy (non-hydrogen) atoms. The number of benzene rings is 1. The van der Waals surface area contributed by atoms with Crippen LogP contribution in [0.15, 0.2) is 30.6 Å². The number of nitrogens with zero attached hydrogens (tertiary/aromatic N) is 2. The zero-order chi connectivity index (χ0) is 14.7. The van der Waals surface area contributed by atoms with Crippen molar-refractivity contribution >= 4 is 0 Å². The lowest BCUT2D eigenvalue weighted by Crippen LogP contribution is -2.18. The minimum Gasteiger partial charge on any atom is -0.484 e. The Morgan fingerprint density at radius 2 is 2.05 bits per heavy atom. The van der Waals surface area contributed by atoms with E-state index in [1.807, 2.05) is 13.2 Å². The van der Waals surface area contributed by atoms with Crippen molar-refractivity contribution < 1.29 is 4.74 Å². The molecule has 1 aromatic heterocycles. The van der Waals surface area contributed by atoms with Crippen LogP contribution in [0.3, 0.4) is 0 Å². The highest BCUT2D eigenvalue weighted by molar-refractivity contribution is 5.38. The van der Waals surface area contributed by atoms with Crippen LogP contribution in [0.1, 0.15) is 42.6 Å². The maximum Gasteiger partial charge on any atom is 0.139 e. The van der Waals surface area contributed by atoms with E-state index in [4.69, 9.17) is 10.5 Å². The fourth-order valence-electron chi connectivity index (χ4n) is 2.11. The summed E-state index contributed by atoms with van der Waals surface area (Å²) in [4.78, 5) is 0. The van der Waals surface area contributed by atoms with E-state index in [0.717, 1.165) is 16.9 Å². The maximum absolute atomic E-state index is 6.11. The Hall–Kier alpha value is -1.81. The summed E-state index contributed by atoms with van der Waals surface area (Å²) in [5.41, 5.74) is 9.24. The predicted molar refractivity (Wildman–Crippen MR) is 80.9 cm³/mol. The summed E-state index contributed by atoms with van der Waals surface area (Å²) in [5.74, 6) is 1.38. The highest BCUT2D eigenvalue weighted by atomic mass is 16.5. The molecule has 1 aromatic carbocycles. The smallest absolute Gasteiger partial charge is 0.139 e. The molecule has 4 heteroatoms. The Balaban J connectivity index is 2.25. The lowest BCUT2D eigenvalue weighted by atomic mass is 10.0. The normalized spacial score (nSPS) is 12.7. The van der Waals surface area contributed by atoms with Crippen molar-refractivity contribution in [3.8, 4) is 5.75 Å². The fraction of sp³-hybridized carbons (Fsp3) is 0.438. The van der Waals surface area contributed by atoms with Gasteiger partial charge in [0.25, 0.3) is 0 Å². The molecule has 0 radical (unpaired) electrons. The largest absolute Gasteiger partial charge is 0.484 e. The summed E-state index contributed by atoms with van der Waals surface area (Å²) < 4.78 is 7.87. The Morgan fingerprint density at radius 1 is 1.30 bits per heavy atom. The molecule has 0 spiro atoms. The Kier molecular flexibility index (Phi) is 4.45. The molecule has 2 rings (SSSR count). The van der Waals surface area contributed by atoms with Gasteiger partial charge in [-0.25, -0.2) is 0 Å². The van der Waals surface area contributed by atoms with E-state index in [-0.39, 0.29) is 6.10 Å². The van der Waals surface area contributed by atoms with Gasteiger partial charge in [0.15, 0.2) is 0 Å².